The molecule has 0 aliphatic heterocycles. The van der Waals surface area contributed by atoms with Crippen LogP contribution in [0.2, 0.25) is 0 Å². The second kappa shape index (κ2) is 6.76. The molecule has 1 aromatic carbocycles. The van der Waals surface area contributed by atoms with Crippen LogP contribution in [-0.2, 0) is 10.8 Å². The van der Waals surface area contributed by atoms with Crippen LogP contribution in [0.15, 0.2) is 29.2 Å². The van der Waals surface area contributed by atoms with E-state index in [-0.39, 0.29) is 5.82 Å². The molecule has 1 aromatic rings. The van der Waals surface area contributed by atoms with E-state index in [1.54, 1.807) is 18.2 Å². The van der Waals surface area contributed by atoms with Gasteiger partial charge in [0.05, 0.1) is 15.7 Å². The zero-order valence-corrected chi connectivity index (χ0v) is 10.5. The van der Waals surface area contributed by atoms with Crippen molar-refractivity contribution in [2.75, 3.05) is 12.3 Å². The van der Waals surface area contributed by atoms with E-state index in [1.165, 1.54) is 6.07 Å². The Labute approximate surface area is 98.7 Å². The lowest BCUT2D eigenvalue weighted by atomic mass is 10.3. The Hall–Kier alpha value is -0.740. The maximum absolute atomic E-state index is 13.3. The summed E-state index contributed by atoms with van der Waals surface area (Å²) in [6, 6.07) is 6.65. The summed E-state index contributed by atoms with van der Waals surface area (Å²) in [7, 11) is -1.25. The van der Waals surface area contributed by atoms with Crippen LogP contribution in [0.25, 0.3) is 0 Å². The summed E-state index contributed by atoms with van der Waals surface area (Å²) in [5.74, 6) is 0.0648. The molecule has 0 heterocycles. The van der Waals surface area contributed by atoms with Gasteiger partial charge in [-0.05, 0) is 25.5 Å². The van der Waals surface area contributed by atoms with Crippen LogP contribution in [0.1, 0.15) is 20.3 Å². The van der Waals surface area contributed by atoms with Crippen LogP contribution < -0.4 is 5.32 Å². The minimum absolute atomic E-state index is 0.299. The van der Waals surface area contributed by atoms with Crippen LogP contribution in [0, 0.1) is 5.82 Å². The molecule has 90 valence electrons. The fraction of sp³-hybridized carbons (Fsp3) is 0.500. The molecule has 2 atom stereocenters. The molecule has 0 saturated heterocycles. The third-order valence-electron chi connectivity index (χ3n) is 2.47. The van der Waals surface area contributed by atoms with Crippen molar-refractivity contribution >= 4 is 10.8 Å². The molecular formula is C12H18FNOS. The molecule has 0 aromatic heterocycles. The normalized spacial score (nSPS) is 14.7. The first kappa shape index (κ1) is 13.3. The first-order valence-corrected chi connectivity index (χ1v) is 6.83. The van der Waals surface area contributed by atoms with Gasteiger partial charge in [-0.25, -0.2) is 4.39 Å². The highest BCUT2D eigenvalue weighted by Crippen LogP contribution is 2.11. The Balaban J connectivity index is 2.44. The number of nitrogens with one attached hydrogen (secondary N) is 1. The summed E-state index contributed by atoms with van der Waals surface area (Å²) < 4.78 is 25.0. The van der Waals surface area contributed by atoms with Crippen molar-refractivity contribution in [3.63, 3.8) is 0 Å². The standard InChI is InChI=1S/C12H18FNOS/c1-3-10(2)14-8-9-16(15)12-7-5-4-6-11(12)13/h4-7,10,14H,3,8-9H2,1-2H3. The van der Waals surface area contributed by atoms with E-state index in [2.05, 4.69) is 19.2 Å². The SMILES string of the molecule is CCC(C)NCCS(=O)c1ccccc1F. The fourth-order valence-corrected chi connectivity index (χ4v) is 2.32. The Morgan fingerprint density at radius 2 is 2.12 bits per heavy atom. The topological polar surface area (TPSA) is 29.1 Å². The predicted molar refractivity (Wildman–Crippen MR) is 65.4 cm³/mol. The van der Waals surface area contributed by atoms with Crippen LogP contribution >= 0.6 is 0 Å². The fourth-order valence-electron chi connectivity index (χ4n) is 1.28. The molecule has 0 fully saturated rings. The van der Waals surface area contributed by atoms with E-state index >= 15 is 0 Å². The lowest BCUT2D eigenvalue weighted by Gasteiger charge is -2.10. The van der Waals surface area contributed by atoms with Crippen molar-refractivity contribution in [2.45, 2.75) is 31.2 Å². The van der Waals surface area contributed by atoms with Gasteiger partial charge in [-0.1, -0.05) is 19.1 Å². The molecule has 1 rings (SSSR count). The molecule has 2 nitrogen and oxygen atoms in total. The smallest absolute Gasteiger partial charge is 0.139 e. The summed E-state index contributed by atoms with van der Waals surface area (Å²) >= 11 is 0. The maximum Gasteiger partial charge on any atom is 0.139 e. The highest BCUT2D eigenvalue weighted by Gasteiger charge is 2.08. The zero-order chi connectivity index (χ0) is 12.0. The van der Waals surface area contributed by atoms with Gasteiger partial charge in [0.2, 0.25) is 0 Å². The summed E-state index contributed by atoms with van der Waals surface area (Å²) in [5.41, 5.74) is 0. The molecule has 0 amide bonds. The average molecular weight is 243 g/mol. The quantitative estimate of drug-likeness (QED) is 0.831. The summed E-state index contributed by atoms with van der Waals surface area (Å²) in [4.78, 5) is 0.299. The highest BCUT2D eigenvalue weighted by atomic mass is 32.2. The Morgan fingerprint density at radius 1 is 1.44 bits per heavy atom. The first-order chi connectivity index (χ1) is 7.65. The van der Waals surface area contributed by atoms with E-state index in [4.69, 9.17) is 0 Å². The van der Waals surface area contributed by atoms with Gasteiger partial charge in [-0.2, -0.15) is 0 Å². The second-order valence-electron chi connectivity index (χ2n) is 3.74. The van der Waals surface area contributed by atoms with Crippen molar-refractivity contribution in [3.8, 4) is 0 Å². The number of halogens is 1. The molecule has 0 bridgehead atoms. The third kappa shape index (κ3) is 4.02. The predicted octanol–water partition coefficient (Wildman–Crippen LogP) is 2.32. The number of hydrogen-bond donors (Lipinski definition) is 1. The molecule has 0 aliphatic rings. The summed E-state index contributed by atoms with van der Waals surface area (Å²) in [6.45, 7) is 4.81. The van der Waals surface area contributed by atoms with Gasteiger partial charge in [0, 0.05) is 18.3 Å². The molecule has 16 heavy (non-hydrogen) atoms. The Bertz CT molecular complexity index is 357. The average Bonchev–Trinajstić information content (AvgIpc) is 2.29. The van der Waals surface area contributed by atoms with E-state index < -0.39 is 10.8 Å². The van der Waals surface area contributed by atoms with Gasteiger partial charge >= 0.3 is 0 Å². The number of benzene rings is 1. The third-order valence-corrected chi connectivity index (χ3v) is 3.87. The molecule has 4 heteroatoms. The highest BCUT2D eigenvalue weighted by molar-refractivity contribution is 7.85. The summed E-state index contributed by atoms with van der Waals surface area (Å²) in [6.07, 6.45) is 1.03. The molecular weight excluding hydrogens is 225 g/mol. The van der Waals surface area contributed by atoms with Gasteiger partial charge in [0.1, 0.15) is 5.82 Å². The van der Waals surface area contributed by atoms with Crippen LogP contribution in [0.5, 0.6) is 0 Å². The molecule has 2 unspecified atom stereocenters. The largest absolute Gasteiger partial charge is 0.313 e. The molecule has 0 aliphatic carbocycles. The molecule has 0 radical (unpaired) electrons. The zero-order valence-electron chi connectivity index (χ0n) is 9.70. The molecule has 0 spiro atoms. The van der Waals surface area contributed by atoms with Gasteiger partial charge in [0.25, 0.3) is 0 Å². The van der Waals surface area contributed by atoms with Crippen LogP contribution in [0.4, 0.5) is 4.39 Å². The lowest BCUT2D eigenvalue weighted by Crippen LogP contribution is -2.29. The molecule has 0 saturated carbocycles. The van der Waals surface area contributed by atoms with Crippen molar-refractivity contribution in [1.29, 1.82) is 0 Å². The van der Waals surface area contributed by atoms with Gasteiger partial charge in [0.15, 0.2) is 0 Å². The van der Waals surface area contributed by atoms with E-state index in [9.17, 15) is 8.60 Å². The first-order valence-electron chi connectivity index (χ1n) is 5.51. The second-order valence-corrected chi connectivity index (χ2v) is 5.28. The van der Waals surface area contributed by atoms with Gasteiger partial charge in [-0.3, -0.25) is 4.21 Å². The maximum atomic E-state index is 13.3. The minimum atomic E-state index is -1.25. The van der Waals surface area contributed by atoms with Crippen molar-refractivity contribution in [2.24, 2.45) is 0 Å². The Kier molecular flexibility index (Phi) is 5.63. The van der Waals surface area contributed by atoms with Crippen LogP contribution in [0.3, 0.4) is 0 Å². The minimum Gasteiger partial charge on any atom is -0.313 e. The van der Waals surface area contributed by atoms with E-state index in [0.717, 1.165) is 6.42 Å². The Morgan fingerprint density at radius 3 is 2.75 bits per heavy atom. The number of hydrogen-bond acceptors (Lipinski definition) is 2. The van der Waals surface area contributed by atoms with Crippen LogP contribution in [-0.4, -0.2) is 22.5 Å². The molecule has 1 N–H and O–H groups in total. The van der Waals surface area contributed by atoms with E-state index in [1.807, 2.05) is 0 Å². The number of rotatable bonds is 6. The van der Waals surface area contributed by atoms with Gasteiger partial charge < -0.3 is 5.32 Å². The van der Waals surface area contributed by atoms with Crippen molar-refractivity contribution < 1.29 is 8.60 Å². The lowest BCUT2D eigenvalue weighted by molar-refractivity contribution is 0.552. The monoisotopic (exact) mass is 243 g/mol. The van der Waals surface area contributed by atoms with Crippen molar-refractivity contribution in [1.82, 2.24) is 5.32 Å². The summed E-state index contributed by atoms with van der Waals surface area (Å²) in [5, 5.41) is 3.24. The van der Waals surface area contributed by atoms with Crippen molar-refractivity contribution in [3.05, 3.63) is 30.1 Å². The van der Waals surface area contributed by atoms with Gasteiger partial charge in [-0.15, -0.1) is 0 Å². The van der Waals surface area contributed by atoms with E-state index in [0.29, 0.717) is 23.2 Å².